The number of hydrogen-bond acceptors (Lipinski definition) is 3. The standard InChI is InChI=1S/C25H27NO4/c27-23(28)17-11-14-25(12-5-6-13-25)26(15-17)24(29)30-16-22-20-9-3-1-7-18(20)19-8-2-4-10-21(19)22/h1-4,7-10,17,22H,5-6,11-16H2,(H,27,28). The zero-order chi connectivity index (χ0) is 20.7. The van der Waals surface area contributed by atoms with E-state index in [1.807, 2.05) is 24.3 Å². The van der Waals surface area contributed by atoms with Crippen LogP contribution in [0.2, 0.25) is 0 Å². The minimum absolute atomic E-state index is 0.0148. The van der Waals surface area contributed by atoms with Crippen LogP contribution in [-0.2, 0) is 9.53 Å². The number of carboxylic acids is 1. The molecule has 1 N–H and O–H groups in total. The Morgan fingerprint density at radius 1 is 0.967 bits per heavy atom. The van der Waals surface area contributed by atoms with Gasteiger partial charge in [0.25, 0.3) is 0 Å². The highest BCUT2D eigenvalue weighted by molar-refractivity contribution is 5.79. The Morgan fingerprint density at radius 2 is 1.57 bits per heavy atom. The van der Waals surface area contributed by atoms with Crippen molar-refractivity contribution < 1.29 is 19.4 Å². The number of nitrogens with zero attached hydrogens (tertiary/aromatic N) is 1. The summed E-state index contributed by atoms with van der Waals surface area (Å²) in [6, 6.07) is 16.6. The van der Waals surface area contributed by atoms with Gasteiger partial charge >= 0.3 is 12.1 Å². The van der Waals surface area contributed by atoms with Crippen molar-refractivity contribution in [2.45, 2.75) is 50.0 Å². The maximum absolute atomic E-state index is 13.2. The molecule has 1 heterocycles. The van der Waals surface area contributed by atoms with Crippen LogP contribution in [0.15, 0.2) is 48.5 Å². The van der Waals surface area contributed by atoms with Crippen molar-refractivity contribution in [1.29, 1.82) is 0 Å². The van der Waals surface area contributed by atoms with Crippen molar-refractivity contribution in [3.05, 3.63) is 59.7 Å². The van der Waals surface area contributed by atoms with Crippen LogP contribution in [0.4, 0.5) is 4.79 Å². The number of carboxylic acid groups (broad SMARTS) is 1. The number of rotatable bonds is 3. The van der Waals surface area contributed by atoms with E-state index in [-0.39, 0.29) is 30.7 Å². The van der Waals surface area contributed by atoms with Gasteiger partial charge in [0.1, 0.15) is 6.61 Å². The van der Waals surface area contributed by atoms with Gasteiger partial charge in [-0.1, -0.05) is 61.4 Å². The van der Waals surface area contributed by atoms with Crippen LogP contribution in [0.1, 0.15) is 55.6 Å². The molecule has 30 heavy (non-hydrogen) atoms. The summed E-state index contributed by atoms with van der Waals surface area (Å²) in [6.45, 7) is 0.531. The first kappa shape index (κ1) is 19.2. The van der Waals surface area contributed by atoms with Crippen molar-refractivity contribution in [1.82, 2.24) is 4.90 Å². The molecule has 1 spiro atoms. The lowest BCUT2D eigenvalue weighted by Gasteiger charge is -2.46. The molecule has 0 aromatic heterocycles. The number of piperidine rings is 1. The third kappa shape index (κ3) is 3.08. The number of carbonyl (C=O) groups excluding carboxylic acids is 1. The molecule has 1 saturated heterocycles. The summed E-state index contributed by atoms with van der Waals surface area (Å²) in [6.07, 6.45) is 5.11. The predicted octanol–water partition coefficient (Wildman–Crippen LogP) is 5.04. The number of hydrogen-bond donors (Lipinski definition) is 1. The van der Waals surface area contributed by atoms with Gasteiger partial charge in [0, 0.05) is 18.0 Å². The summed E-state index contributed by atoms with van der Waals surface area (Å²) in [5.74, 6) is -1.31. The highest BCUT2D eigenvalue weighted by Gasteiger charge is 2.48. The highest BCUT2D eigenvalue weighted by atomic mass is 16.6. The fourth-order valence-electron chi connectivity index (χ4n) is 5.78. The smallest absolute Gasteiger partial charge is 0.410 e. The van der Waals surface area contributed by atoms with Crippen LogP contribution in [0, 0.1) is 5.92 Å². The molecule has 2 aromatic carbocycles. The number of amides is 1. The summed E-state index contributed by atoms with van der Waals surface area (Å²) >= 11 is 0. The van der Waals surface area contributed by atoms with E-state index in [4.69, 9.17) is 4.74 Å². The van der Waals surface area contributed by atoms with Gasteiger partial charge in [0.15, 0.2) is 0 Å². The molecule has 2 fully saturated rings. The lowest BCUT2D eigenvalue weighted by molar-refractivity contribution is -0.144. The lowest BCUT2D eigenvalue weighted by Crippen LogP contribution is -2.56. The van der Waals surface area contributed by atoms with E-state index in [0.717, 1.165) is 32.1 Å². The average Bonchev–Trinajstić information content (AvgIpc) is 3.35. The zero-order valence-corrected chi connectivity index (χ0v) is 17.0. The normalized spacial score (nSPS) is 22.0. The number of fused-ring (bicyclic) bond motifs is 3. The average molecular weight is 405 g/mol. The highest BCUT2D eigenvalue weighted by Crippen LogP contribution is 2.46. The van der Waals surface area contributed by atoms with E-state index in [1.54, 1.807) is 4.90 Å². The topological polar surface area (TPSA) is 66.8 Å². The molecule has 1 unspecified atom stereocenters. The lowest BCUT2D eigenvalue weighted by atomic mass is 9.81. The molecule has 5 rings (SSSR count). The van der Waals surface area contributed by atoms with Gasteiger partial charge in [-0.15, -0.1) is 0 Å². The molecule has 2 aliphatic carbocycles. The second kappa shape index (κ2) is 7.46. The number of carbonyl (C=O) groups is 2. The molecule has 5 heteroatoms. The number of benzene rings is 2. The van der Waals surface area contributed by atoms with Crippen molar-refractivity contribution in [2.24, 2.45) is 5.92 Å². The SMILES string of the molecule is O=C(O)C1CCC2(CCCC2)N(C(=O)OCC2c3ccccc3-c3ccccc32)C1. The molecule has 1 atom stereocenters. The summed E-state index contributed by atoms with van der Waals surface area (Å²) in [5.41, 5.74) is 4.55. The Bertz CT molecular complexity index is 933. The molecule has 0 radical (unpaired) electrons. The van der Waals surface area contributed by atoms with Crippen LogP contribution in [-0.4, -0.2) is 40.8 Å². The van der Waals surface area contributed by atoms with Crippen molar-refractivity contribution in [2.75, 3.05) is 13.2 Å². The number of likely N-dealkylation sites (tertiary alicyclic amines) is 1. The van der Waals surface area contributed by atoms with Gasteiger partial charge in [-0.25, -0.2) is 4.79 Å². The fourth-order valence-corrected chi connectivity index (χ4v) is 5.78. The number of aliphatic carboxylic acids is 1. The molecule has 1 amide bonds. The van der Waals surface area contributed by atoms with Gasteiger partial charge in [0.05, 0.1) is 5.92 Å². The molecule has 3 aliphatic rings. The summed E-state index contributed by atoms with van der Waals surface area (Å²) in [7, 11) is 0. The molecule has 5 nitrogen and oxygen atoms in total. The fraction of sp³-hybridized carbons (Fsp3) is 0.440. The van der Waals surface area contributed by atoms with E-state index in [9.17, 15) is 14.7 Å². The molecule has 156 valence electrons. The Morgan fingerprint density at radius 3 is 2.17 bits per heavy atom. The minimum atomic E-state index is -0.820. The van der Waals surface area contributed by atoms with E-state index in [2.05, 4.69) is 24.3 Å². The van der Waals surface area contributed by atoms with Crippen LogP contribution in [0.3, 0.4) is 0 Å². The first-order valence-electron chi connectivity index (χ1n) is 10.9. The minimum Gasteiger partial charge on any atom is -0.481 e. The monoisotopic (exact) mass is 405 g/mol. The van der Waals surface area contributed by atoms with E-state index in [1.165, 1.54) is 22.3 Å². The van der Waals surface area contributed by atoms with Crippen LogP contribution in [0.5, 0.6) is 0 Å². The molecule has 1 saturated carbocycles. The maximum Gasteiger partial charge on any atom is 0.410 e. The molecule has 0 bridgehead atoms. The second-order valence-corrected chi connectivity index (χ2v) is 8.92. The second-order valence-electron chi connectivity index (χ2n) is 8.92. The quantitative estimate of drug-likeness (QED) is 0.776. The largest absolute Gasteiger partial charge is 0.481 e. The first-order valence-corrected chi connectivity index (χ1v) is 10.9. The summed E-state index contributed by atoms with van der Waals surface area (Å²) in [5, 5.41) is 9.51. The Balaban J connectivity index is 1.37. The Kier molecular flexibility index (Phi) is 4.76. The van der Waals surface area contributed by atoms with E-state index < -0.39 is 11.9 Å². The van der Waals surface area contributed by atoms with E-state index in [0.29, 0.717) is 6.42 Å². The van der Waals surface area contributed by atoms with Crippen molar-refractivity contribution in [3.63, 3.8) is 0 Å². The van der Waals surface area contributed by atoms with Crippen LogP contribution in [0.25, 0.3) is 11.1 Å². The first-order chi connectivity index (χ1) is 14.6. The van der Waals surface area contributed by atoms with Gasteiger partial charge in [-0.05, 0) is 47.9 Å². The van der Waals surface area contributed by atoms with Gasteiger partial charge in [-0.3, -0.25) is 4.79 Å². The zero-order valence-electron chi connectivity index (χ0n) is 17.0. The third-order valence-corrected chi connectivity index (χ3v) is 7.37. The van der Waals surface area contributed by atoms with Gasteiger partial charge < -0.3 is 14.7 Å². The number of ether oxygens (including phenoxy) is 1. The molecular weight excluding hydrogens is 378 g/mol. The van der Waals surface area contributed by atoms with E-state index >= 15 is 0 Å². The van der Waals surface area contributed by atoms with Crippen LogP contribution < -0.4 is 0 Å². The maximum atomic E-state index is 13.2. The van der Waals surface area contributed by atoms with Gasteiger partial charge in [0.2, 0.25) is 0 Å². The summed E-state index contributed by atoms with van der Waals surface area (Å²) in [4.78, 5) is 26.6. The molecule has 2 aromatic rings. The molecular formula is C25H27NO4. The third-order valence-electron chi connectivity index (χ3n) is 7.37. The van der Waals surface area contributed by atoms with Crippen molar-refractivity contribution in [3.8, 4) is 11.1 Å². The molecule has 1 aliphatic heterocycles. The Hall–Kier alpha value is -2.82. The van der Waals surface area contributed by atoms with Crippen LogP contribution >= 0.6 is 0 Å². The van der Waals surface area contributed by atoms with Crippen molar-refractivity contribution >= 4 is 12.1 Å². The Labute approximate surface area is 176 Å². The summed E-state index contributed by atoms with van der Waals surface area (Å²) < 4.78 is 5.89. The van der Waals surface area contributed by atoms with Gasteiger partial charge in [-0.2, -0.15) is 0 Å². The predicted molar refractivity (Wildman–Crippen MR) is 113 cm³/mol.